The van der Waals surface area contributed by atoms with Crippen LogP contribution in [-0.4, -0.2) is 23.6 Å². The van der Waals surface area contributed by atoms with Gasteiger partial charge in [0, 0.05) is 22.9 Å². The number of likely N-dealkylation sites (tertiary alicyclic amines) is 1. The van der Waals surface area contributed by atoms with Crippen molar-refractivity contribution in [3.8, 4) is 10.4 Å². The van der Waals surface area contributed by atoms with Gasteiger partial charge in [0.25, 0.3) is 0 Å². The van der Waals surface area contributed by atoms with Gasteiger partial charge in [-0.25, -0.2) is 4.79 Å². The number of carbonyl (C=O) groups is 1. The normalized spacial score (nSPS) is 26.2. The molecule has 1 amide bonds. The fraction of sp³-hybridized carbons (Fsp3) is 0.393. The van der Waals surface area contributed by atoms with Gasteiger partial charge in [-0.15, -0.1) is 11.3 Å². The summed E-state index contributed by atoms with van der Waals surface area (Å²) in [6.07, 6.45) is 6.90. The van der Waals surface area contributed by atoms with E-state index in [0.717, 1.165) is 24.9 Å². The summed E-state index contributed by atoms with van der Waals surface area (Å²) in [4.78, 5) is 16.6. The molecule has 1 unspecified atom stereocenters. The second-order valence-corrected chi connectivity index (χ2v) is 10.6. The molecule has 2 heterocycles. The molecule has 0 radical (unpaired) electrons. The van der Waals surface area contributed by atoms with E-state index in [9.17, 15) is 4.79 Å². The number of thiophene rings is 1. The maximum Gasteiger partial charge on any atom is 0.410 e. The zero-order valence-corrected chi connectivity index (χ0v) is 19.2. The van der Waals surface area contributed by atoms with E-state index in [2.05, 4.69) is 40.6 Å². The summed E-state index contributed by atoms with van der Waals surface area (Å²) < 4.78 is 5.78. The molecule has 2 aromatic carbocycles. The summed E-state index contributed by atoms with van der Waals surface area (Å²) >= 11 is 1.82. The van der Waals surface area contributed by atoms with Crippen LogP contribution in [0.4, 0.5) is 4.79 Å². The van der Waals surface area contributed by atoms with Crippen LogP contribution in [0, 0.1) is 5.92 Å². The molecule has 2 bridgehead atoms. The Morgan fingerprint density at radius 1 is 1.06 bits per heavy atom. The lowest BCUT2D eigenvalue weighted by atomic mass is 9.52. The first-order valence-electron chi connectivity index (χ1n) is 11.9. The second kappa shape index (κ2) is 8.08. The van der Waals surface area contributed by atoms with Crippen molar-refractivity contribution in [1.82, 2.24) is 4.90 Å². The molecule has 32 heavy (non-hydrogen) atoms. The average Bonchev–Trinajstić information content (AvgIpc) is 3.38. The van der Waals surface area contributed by atoms with Crippen molar-refractivity contribution >= 4 is 17.4 Å². The van der Waals surface area contributed by atoms with E-state index in [1.807, 2.05) is 41.7 Å². The molecular formula is C28H29NO2S. The maximum atomic E-state index is 13.2. The van der Waals surface area contributed by atoms with E-state index in [-0.39, 0.29) is 17.6 Å². The van der Waals surface area contributed by atoms with Crippen molar-refractivity contribution in [2.75, 3.05) is 6.54 Å². The first-order chi connectivity index (χ1) is 15.7. The standard InChI is InChI=1S/C28H29NO2S/c30-27(31-19-20-7-2-1-3-8-20)29-15-14-28-13-5-4-9-23(28)25(29)18-21-11-12-22(17-24(21)28)26-10-6-16-32-26/h1-3,6-8,10-12,16-17,23,25H,4-5,9,13-15,18-19H2/t23-,25-,28?/m1/s1. The number of nitrogens with zero attached hydrogens (tertiary/aromatic N) is 1. The Balaban J connectivity index is 1.31. The fourth-order valence-corrected chi connectivity index (χ4v) is 7.35. The van der Waals surface area contributed by atoms with Gasteiger partial charge >= 0.3 is 6.09 Å². The summed E-state index contributed by atoms with van der Waals surface area (Å²) in [5.74, 6) is 0.542. The predicted molar refractivity (Wildman–Crippen MR) is 129 cm³/mol. The number of ether oxygens (including phenoxy) is 1. The molecule has 6 rings (SSSR count). The van der Waals surface area contributed by atoms with Gasteiger partial charge in [0.2, 0.25) is 0 Å². The van der Waals surface area contributed by atoms with Crippen LogP contribution >= 0.6 is 11.3 Å². The van der Waals surface area contributed by atoms with Crippen molar-refractivity contribution in [2.45, 2.75) is 56.6 Å². The van der Waals surface area contributed by atoms with Crippen molar-refractivity contribution < 1.29 is 9.53 Å². The van der Waals surface area contributed by atoms with Gasteiger partial charge < -0.3 is 9.64 Å². The Kier molecular flexibility index (Phi) is 5.06. The lowest BCUT2D eigenvalue weighted by Gasteiger charge is -2.58. The molecule has 3 aliphatic rings. The summed E-state index contributed by atoms with van der Waals surface area (Å²) in [7, 11) is 0. The van der Waals surface area contributed by atoms with Gasteiger partial charge in [-0.1, -0.05) is 61.4 Å². The Hall–Kier alpha value is -2.59. The van der Waals surface area contributed by atoms with E-state index in [1.54, 1.807) is 5.56 Å². The summed E-state index contributed by atoms with van der Waals surface area (Å²) in [6.45, 7) is 1.15. The molecule has 3 nitrogen and oxygen atoms in total. The SMILES string of the molecule is O=C(OCc1ccccc1)N1CCC23CCCC[C@@H]2[C@H]1Cc1ccc(-c2cccs2)cc13. The van der Waals surface area contributed by atoms with E-state index in [0.29, 0.717) is 12.5 Å². The summed E-state index contributed by atoms with van der Waals surface area (Å²) in [5.41, 5.74) is 5.62. The highest BCUT2D eigenvalue weighted by molar-refractivity contribution is 7.13. The molecule has 1 saturated carbocycles. The average molecular weight is 444 g/mol. The molecular weight excluding hydrogens is 414 g/mol. The van der Waals surface area contributed by atoms with Crippen molar-refractivity contribution in [3.63, 3.8) is 0 Å². The van der Waals surface area contributed by atoms with Crippen molar-refractivity contribution in [1.29, 1.82) is 0 Å². The van der Waals surface area contributed by atoms with Gasteiger partial charge in [-0.3, -0.25) is 0 Å². The summed E-state index contributed by atoms with van der Waals surface area (Å²) in [5, 5.41) is 2.16. The first-order valence-corrected chi connectivity index (χ1v) is 12.8. The lowest BCUT2D eigenvalue weighted by molar-refractivity contribution is -0.0136. The predicted octanol–water partition coefficient (Wildman–Crippen LogP) is 6.81. The van der Waals surface area contributed by atoms with Crippen LogP contribution in [0.25, 0.3) is 10.4 Å². The second-order valence-electron chi connectivity index (χ2n) is 9.61. The number of fused-ring (bicyclic) bond motifs is 1. The van der Waals surface area contributed by atoms with Crippen LogP contribution in [0.3, 0.4) is 0 Å². The van der Waals surface area contributed by atoms with Gasteiger partial charge in [0.1, 0.15) is 6.61 Å². The van der Waals surface area contributed by atoms with E-state index in [1.165, 1.54) is 41.7 Å². The molecule has 4 heteroatoms. The maximum absolute atomic E-state index is 13.2. The number of hydrogen-bond acceptors (Lipinski definition) is 3. The van der Waals surface area contributed by atoms with Crippen LogP contribution in [-0.2, 0) is 23.2 Å². The minimum Gasteiger partial charge on any atom is -0.445 e. The molecule has 1 aliphatic heterocycles. The molecule has 2 aliphatic carbocycles. The van der Waals surface area contributed by atoms with Crippen LogP contribution < -0.4 is 0 Å². The molecule has 164 valence electrons. The molecule has 1 aromatic heterocycles. The van der Waals surface area contributed by atoms with Gasteiger partial charge in [-0.2, -0.15) is 0 Å². The number of amides is 1. The number of carbonyl (C=O) groups excluding carboxylic acids is 1. The topological polar surface area (TPSA) is 29.5 Å². The van der Waals surface area contributed by atoms with Gasteiger partial charge in [0.15, 0.2) is 0 Å². The highest BCUT2D eigenvalue weighted by atomic mass is 32.1. The fourth-order valence-electron chi connectivity index (χ4n) is 6.63. The minimum absolute atomic E-state index is 0.142. The lowest BCUT2D eigenvalue weighted by Crippen LogP contribution is -2.62. The first kappa shape index (κ1) is 20.0. The number of rotatable bonds is 3. The van der Waals surface area contributed by atoms with E-state index in [4.69, 9.17) is 4.74 Å². The molecule has 0 spiro atoms. The van der Waals surface area contributed by atoms with Crippen molar-refractivity contribution in [3.05, 3.63) is 82.7 Å². The van der Waals surface area contributed by atoms with E-state index < -0.39 is 0 Å². The van der Waals surface area contributed by atoms with Crippen LogP contribution in [0.5, 0.6) is 0 Å². The monoisotopic (exact) mass is 443 g/mol. The highest BCUT2D eigenvalue weighted by Gasteiger charge is 2.55. The van der Waals surface area contributed by atoms with Crippen molar-refractivity contribution in [2.24, 2.45) is 5.92 Å². The van der Waals surface area contributed by atoms with Gasteiger partial charge in [0.05, 0.1) is 0 Å². The van der Waals surface area contributed by atoms with Gasteiger partial charge in [-0.05, 0) is 71.4 Å². The molecule has 0 N–H and O–H groups in total. The molecule has 2 fully saturated rings. The molecule has 1 saturated heterocycles. The minimum atomic E-state index is -0.142. The number of hydrogen-bond donors (Lipinski definition) is 0. The highest BCUT2D eigenvalue weighted by Crippen LogP contribution is 2.56. The Morgan fingerprint density at radius 3 is 2.81 bits per heavy atom. The Morgan fingerprint density at radius 2 is 1.97 bits per heavy atom. The summed E-state index contributed by atoms with van der Waals surface area (Å²) in [6, 6.07) is 21.7. The Labute approximate surface area is 194 Å². The molecule has 3 atom stereocenters. The van der Waals surface area contributed by atoms with E-state index >= 15 is 0 Å². The van der Waals surface area contributed by atoms with Crippen LogP contribution in [0.2, 0.25) is 0 Å². The third-order valence-corrected chi connectivity index (χ3v) is 9.00. The quantitative estimate of drug-likeness (QED) is 0.445. The molecule has 3 aromatic rings. The number of benzene rings is 2. The third kappa shape index (κ3) is 3.27. The van der Waals surface area contributed by atoms with Crippen LogP contribution in [0.1, 0.15) is 48.8 Å². The Bertz CT molecular complexity index is 1110. The zero-order valence-electron chi connectivity index (χ0n) is 18.3. The smallest absolute Gasteiger partial charge is 0.410 e. The third-order valence-electron chi connectivity index (χ3n) is 8.08. The van der Waals surface area contributed by atoms with Crippen LogP contribution in [0.15, 0.2) is 66.0 Å². The largest absolute Gasteiger partial charge is 0.445 e. The number of piperidine rings is 1. The zero-order chi connectivity index (χ0) is 21.5.